The van der Waals surface area contributed by atoms with Gasteiger partial charge in [-0.15, -0.1) is 11.3 Å². The summed E-state index contributed by atoms with van der Waals surface area (Å²) < 4.78 is 44.1. The van der Waals surface area contributed by atoms with Gasteiger partial charge in [-0.1, -0.05) is 6.92 Å². The fourth-order valence-corrected chi connectivity index (χ4v) is 3.29. The first-order valence-corrected chi connectivity index (χ1v) is 7.19. The lowest BCUT2D eigenvalue weighted by atomic mass is 10.0. The van der Waals surface area contributed by atoms with Crippen LogP contribution in [0.5, 0.6) is 0 Å². The number of halogens is 3. The molecule has 2 rings (SSSR count). The molecule has 108 valence electrons. The highest BCUT2D eigenvalue weighted by atomic mass is 32.1. The molecule has 1 aromatic rings. The molecule has 1 aromatic heterocycles. The zero-order valence-electron chi connectivity index (χ0n) is 10.7. The molecule has 1 aliphatic rings. The molecule has 0 aliphatic carbocycles. The molecular formula is C12H17F3N2OS. The van der Waals surface area contributed by atoms with Gasteiger partial charge in [-0.2, -0.15) is 13.2 Å². The third-order valence-electron chi connectivity index (χ3n) is 3.09. The average molecular weight is 294 g/mol. The highest BCUT2D eigenvalue weighted by molar-refractivity contribution is 7.11. The van der Waals surface area contributed by atoms with Crippen molar-refractivity contribution in [2.75, 3.05) is 19.8 Å². The number of alkyl halides is 3. The summed E-state index contributed by atoms with van der Waals surface area (Å²) in [5.41, 5.74) is -0.722. The molecule has 1 aliphatic heterocycles. The topological polar surface area (TPSA) is 34.1 Å². The molecule has 0 saturated carbocycles. The van der Waals surface area contributed by atoms with Gasteiger partial charge < -0.3 is 10.1 Å². The molecule has 1 fully saturated rings. The Bertz CT molecular complexity index is 414. The molecule has 0 unspecified atom stereocenters. The second-order valence-electron chi connectivity index (χ2n) is 4.49. The minimum absolute atomic E-state index is 0.107. The number of ether oxygens (including phenoxy) is 1. The summed E-state index contributed by atoms with van der Waals surface area (Å²) in [6.07, 6.45) is -2.86. The van der Waals surface area contributed by atoms with E-state index in [2.05, 4.69) is 10.3 Å². The van der Waals surface area contributed by atoms with Gasteiger partial charge >= 0.3 is 6.18 Å². The van der Waals surface area contributed by atoms with Crippen LogP contribution in [-0.4, -0.2) is 24.7 Å². The SMILES string of the molecule is CCNCc1sc(C2CCOCC2)nc1C(F)(F)F. The fourth-order valence-electron chi connectivity index (χ4n) is 2.07. The summed E-state index contributed by atoms with van der Waals surface area (Å²) in [6.45, 7) is 3.95. The van der Waals surface area contributed by atoms with E-state index >= 15 is 0 Å². The van der Waals surface area contributed by atoms with Crippen molar-refractivity contribution >= 4 is 11.3 Å². The first-order valence-electron chi connectivity index (χ1n) is 6.37. The van der Waals surface area contributed by atoms with Crippen LogP contribution in [0.4, 0.5) is 13.2 Å². The van der Waals surface area contributed by atoms with E-state index in [1.54, 1.807) is 0 Å². The Morgan fingerprint density at radius 1 is 1.37 bits per heavy atom. The Morgan fingerprint density at radius 2 is 2.05 bits per heavy atom. The van der Waals surface area contributed by atoms with Crippen LogP contribution >= 0.6 is 11.3 Å². The number of rotatable bonds is 4. The maximum Gasteiger partial charge on any atom is 0.434 e. The molecule has 19 heavy (non-hydrogen) atoms. The average Bonchev–Trinajstić information content (AvgIpc) is 2.81. The van der Waals surface area contributed by atoms with Crippen LogP contribution in [0, 0.1) is 0 Å². The molecule has 1 saturated heterocycles. The van der Waals surface area contributed by atoms with Crippen LogP contribution in [0.1, 0.15) is 41.3 Å². The summed E-state index contributed by atoms with van der Waals surface area (Å²) in [7, 11) is 0. The van der Waals surface area contributed by atoms with Gasteiger partial charge in [0.15, 0.2) is 5.69 Å². The number of hydrogen-bond acceptors (Lipinski definition) is 4. The Balaban J connectivity index is 2.22. The molecule has 0 aromatic carbocycles. The number of thiazole rings is 1. The minimum Gasteiger partial charge on any atom is -0.381 e. The van der Waals surface area contributed by atoms with Crippen molar-refractivity contribution in [3.8, 4) is 0 Å². The van der Waals surface area contributed by atoms with Crippen molar-refractivity contribution in [2.45, 2.75) is 38.4 Å². The van der Waals surface area contributed by atoms with Gasteiger partial charge in [0.2, 0.25) is 0 Å². The number of aromatic nitrogens is 1. The smallest absolute Gasteiger partial charge is 0.381 e. The maximum atomic E-state index is 12.9. The first-order chi connectivity index (χ1) is 9.02. The lowest BCUT2D eigenvalue weighted by molar-refractivity contribution is -0.141. The van der Waals surface area contributed by atoms with Crippen LogP contribution in [0.15, 0.2) is 0 Å². The van der Waals surface area contributed by atoms with Gasteiger partial charge in [0.05, 0.1) is 9.88 Å². The number of nitrogens with zero attached hydrogens (tertiary/aromatic N) is 1. The third kappa shape index (κ3) is 3.67. The Labute approximate surface area is 114 Å². The van der Waals surface area contributed by atoms with E-state index in [1.807, 2.05) is 6.92 Å². The minimum atomic E-state index is -4.37. The molecule has 7 heteroatoms. The van der Waals surface area contributed by atoms with Gasteiger partial charge in [-0.25, -0.2) is 4.98 Å². The summed E-state index contributed by atoms with van der Waals surface area (Å²) in [5.74, 6) is 0.107. The van der Waals surface area contributed by atoms with Crippen LogP contribution in [0.3, 0.4) is 0 Å². The van der Waals surface area contributed by atoms with E-state index in [0.29, 0.717) is 24.8 Å². The van der Waals surface area contributed by atoms with Gasteiger partial charge in [-0.05, 0) is 19.4 Å². The number of hydrogen-bond donors (Lipinski definition) is 1. The van der Waals surface area contributed by atoms with Gasteiger partial charge in [0.25, 0.3) is 0 Å². The Hall–Kier alpha value is -0.660. The normalized spacial score (nSPS) is 17.9. The molecule has 0 atom stereocenters. The van der Waals surface area contributed by atoms with Crippen molar-refractivity contribution < 1.29 is 17.9 Å². The maximum absolute atomic E-state index is 12.9. The largest absolute Gasteiger partial charge is 0.434 e. The highest BCUT2D eigenvalue weighted by Gasteiger charge is 2.38. The van der Waals surface area contributed by atoms with E-state index in [9.17, 15) is 13.2 Å². The molecule has 1 N–H and O–H groups in total. The van der Waals surface area contributed by atoms with Crippen molar-refractivity contribution in [3.05, 3.63) is 15.6 Å². The van der Waals surface area contributed by atoms with E-state index in [0.717, 1.165) is 12.8 Å². The van der Waals surface area contributed by atoms with Crippen molar-refractivity contribution in [3.63, 3.8) is 0 Å². The standard InChI is InChI=1S/C12H17F3N2OS/c1-2-16-7-9-10(12(13,14)15)17-11(19-9)8-3-5-18-6-4-8/h8,16H,2-7H2,1H3. The zero-order chi connectivity index (χ0) is 13.9. The van der Waals surface area contributed by atoms with Crippen LogP contribution < -0.4 is 5.32 Å². The van der Waals surface area contributed by atoms with E-state index in [4.69, 9.17) is 4.74 Å². The summed E-state index contributed by atoms with van der Waals surface area (Å²) in [6, 6.07) is 0. The monoisotopic (exact) mass is 294 g/mol. The molecular weight excluding hydrogens is 277 g/mol. The van der Waals surface area contributed by atoms with Gasteiger partial charge in [-0.3, -0.25) is 0 Å². The number of nitrogens with one attached hydrogen (secondary N) is 1. The van der Waals surface area contributed by atoms with E-state index in [-0.39, 0.29) is 17.3 Å². The zero-order valence-corrected chi connectivity index (χ0v) is 11.5. The van der Waals surface area contributed by atoms with Crippen molar-refractivity contribution in [2.24, 2.45) is 0 Å². The van der Waals surface area contributed by atoms with Gasteiger partial charge in [0, 0.05) is 25.7 Å². The van der Waals surface area contributed by atoms with Crippen LogP contribution in [0.25, 0.3) is 0 Å². The van der Waals surface area contributed by atoms with Crippen LogP contribution in [0.2, 0.25) is 0 Å². The molecule has 3 nitrogen and oxygen atoms in total. The van der Waals surface area contributed by atoms with Crippen molar-refractivity contribution in [1.82, 2.24) is 10.3 Å². The fraction of sp³-hybridized carbons (Fsp3) is 0.750. The highest BCUT2D eigenvalue weighted by Crippen LogP contribution is 2.38. The lowest BCUT2D eigenvalue weighted by Crippen LogP contribution is -2.16. The lowest BCUT2D eigenvalue weighted by Gasteiger charge is -2.19. The van der Waals surface area contributed by atoms with E-state index < -0.39 is 11.9 Å². The molecule has 0 radical (unpaired) electrons. The molecule has 0 amide bonds. The second-order valence-corrected chi connectivity index (χ2v) is 5.60. The van der Waals surface area contributed by atoms with Gasteiger partial charge in [0.1, 0.15) is 0 Å². The predicted molar refractivity (Wildman–Crippen MR) is 67.3 cm³/mol. The Morgan fingerprint density at radius 3 is 2.63 bits per heavy atom. The Kier molecular flexibility index (Phi) is 4.81. The quantitative estimate of drug-likeness (QED) is 0.926. The summed E-state index contributed by atoms with van der Waals surface area (Å²) in [5, 5.41) is 3.54. The molecule has 0 bridgehead atoms. The molecule has 2 heterocycles. The third-order valence-corrected chi connectivity index (χ3v) is 4.31. The van der Waals surface area contributed by atoms with Crippen LogP contribution in [-0.2, 0) is 17.5 Å². The summed E-state index contributed by atoms with van der Waals surface area (Å²) >= 11 is 1.18. The molecule has 0 spiro atoms. The van der Waals surface area contributed by atoms with Crippen molar-refractivity contribution in [1.29, 1.82) is 0 Å². The second kappa shape index (κ2) is 6.19. The predicted octanol–water partition coefficient (Wildman–Crippen LogP) is 3.17. The van der Waals surface area contributed by atoms with E-state index in [1.165, 1.54) is 11.3 Å². The first kappa shape index (κ1) is 14.7. The summed E-state index contributed by atoms with van der Waals surface area (Å²) in [4.78, 5) is 4.14.